The molecule has 1 atom stereocenters. The van der Waals surface area contributed by atoms with Crippen LogP contribution >= 0.6 is 11.5 Å². The highest BCUT2D eigenvalue weighted by Gasteiger charge is 2.30. The Morgan fingerprint density at radius 1 is 1.63 bits per heavy atom. The first-order valence-corrected chi connectivity index (χ1v) is 6.94. The largest absolute Gasteiger partial charge is 0.465 e. The van der Waals surface area contributed by atoms with Crippen LogP contribution in [0.3, 0.4) is 0 Å². The maximum Gasteiger partial charge on any atom is 0.344 e. The Kier molecular flexibility index (Phi) is 3.96. The van der Waals surface area contributed by atoms with Crippen molar-refractivity contribution < 1.29 is 14.3 Å². The van der Waals surface area contributed by atoms with Crippen LogP contribution in [0.1, 0.15) is 37.0 Å². The fourth-order valence-electron chi connectivity index (χ4n) is 2.24. The summed E-state index contributed by atoms with van der Waals surface area (Å²) in [5.41, 5.74) is 5.89. The lowest BCUT2D eigenvalue weighted by molar-refractivity contribution is -0.0552. The van der Waals surface area contributed by atoms with Crippen LogP contribution in [0.5, 0.6) is 0 Å². The SMILES string of the molecule is COC(=O)c1c(N)nsc1NC1CCOC(C)(C)C1. The lowest BCUT2D eigenvalue weighted by atomic mass is 9.94. The Morgan fingerprint density at radius 2 is 2.37 bits per heavy atom. The molecule has 19 heavy (non-hydrogen) atoms. The number of rotatable bonds is 3. The zero-order valence-corrected chi connectivity index (χ0v) is 12.2. The van der Waals surface area contributed by atoms with Crippen LogP contribution in [0.15, 0.2) is 0 Å². The predicted octanol–water partition coefficient (Wildman–Crippen LogP) is 1.88. The Morgan fingerprint density at radius 3 is 3.00 bits per heavy atom. The number of nitrogen functional groups attached to an aromatic ring is 1. The number of ether oxygens (including phenoxy) is 2. The number of carbonyl (C=O) groups excluding carboxylic acids is 1. The average molecular weight is 285 g/mol. The van der Waals surface area contributed by atoms with E-state index in [4.69, 9.17) is 15.2 Å². The van der Waals surface area contributed by atoms with Gasteiger partial charge in [-0.3, -0.25) is 0 Å². The molecule has 0 aromatic carbocycles. The van der Waals surface area contributed by atoms with E-state index in [0.29, 0.717) is 17.2 Å². The van der Waals surface area contributed by atoms with Gasteiger partial charge in [0.2, 0.25) is 0 Å². The van der Waals surface area contributed by atoms with Crippen molar-refractivity contribution in [2.75, 3.05) is 24.8 Å². The maximum absolute atomic E-state index is 11.7. The second-order valence-corrected chi connectivity index (χ2v) is 5.98. The molecule has 0 aliphatic carbocycles. The number of nitrogens with zero attached hydrogens (tertiary/aromatic N) is 1. The standard InChI is InChI=1S/C12H19N3O3S/c1-12(2)6-7(4-5-18-12)14-10-8(11(16)17-3)9(13)15-19-10/h7,14H,4-6H2,1-3H3,(H2,13,15). The Balaban J connectivity index is 2.13. The lowest BCUT2D eigenvalue weighted by Crippen LogP contribution is -2.40. The van der Waals surface area contributed by atoms with Gasteiger partial charge < -0.3 is 20.5 Å². The summed E-state index contributed by atoms with van der Waals surface area (Å²) in [6.07, 6.45) is 1.76. The molecule has 106 valence electrons. The first-order valence-electron chi connectivity index (χ1n) is 6.17. The van der Waals surface area contributed by atoms with Crippen molar-refractivity contribution >= 4 is 28.3 Å². The van der Waals surface area contributed by atoms with E-state index in [1.807, 2.05) is 0 Å². The summed E-state index contributed by atoms with van der Waals surface area (Å²) in [6.45, 7) is 4.82. The summed E-state index contributed by atoms with van der Waals surface area (Å²) in [5, 5.41) is 4.01. The van der Waals surface area contributed by atoms with Gasteiger partial charge in [-0.15, -0.1) is 0 Å². The third-order valence-electron chi connectivity index (χ3n) is 3.14. The van der Waals surface area contributed by atoms with Gasteiger partial charge in [-0.2, -0.15) is 4.37 Å². The van der Waals surface area contributed by atoms with E-state index in [9.17, 15) is 4.79 Å². The van der Waals surface area contributed by atoms with Crippen LogP contribution < -0.4 is 11.1 Å². The van der Waals surface area contributed by atoms with Crippen molar-refractivity contribution in [2.24, 2.45) is 0 Å². The van der Waals surface area contributed by atoms with Crippen LogP contribution in [0, 0.1) is 0 Å². The van der Waals surface area contributed by atoms with Crippen LogP contribution in [0.2, 0.25) is 0 Å². The molecule has 1 saturated heterocycles. The highest BCUT2D eigenvalue weighted by atomic mass is 32.1. The van der Waals surface area contributed by atoms with Crippen LogP contribution in [0.4, 0.5) is 10.8 Å². The highest BCUT2D eigenvalue weighted by molar-refractivity contribution is 7.11. The Labute approximate surface area is 116 Å². The van der Waals surface area contributed by atoms with Crippen molar-refractivity contribution in [3.8, 4) is 0 Å². The first-order chi connectivity index (χ1) is 8.93. The van der Waals surface area contributed by atoms with Crippen LogP contribution in [-0.2, 0) is 9.47 Å². The molecule has 1 unspecified atom stereocenters. The molecule has 2 heterocycles. The van der Waals surface area contributed by atoms with Gasteiger partial charge in [0.15, 0.2) is 5.82 Å². The number of nitrogens with one attached hydrogen (secondary N) is 1. The van der Waals surface area contributed by atoms with Crippen molar-refractivity contribution in [3.05, 3.63) is 5.56 Å². The maximum atomic E-state index is 11.7. The molecule has 6 nitrogen and oxygen atoms in total. The molecule has 0 bridgehead atoms. The molecule has 0 spiro atoms. The Hall–Kier alpha value is -1.34. The summed E-state index contributed by atoms with van der Waals surface area (Å²) >= 11 is 1.19. The second kappa shape index (κ2) is 5.34. The molecular weight excluding hydrogens is 266 g/mol. The molecular formula is C12H19N3O3S. The number of nitrogens with two attached hydrogens (primary N) is 1. The molecule has 7 heteroatoms. The molecule has 1 aliphatic heterocycles. The minimum Gasteiger partial charge on any atom is -0.465 e. The summed E-state index contributed by atoms with van der Waals surface area (Å²) in [5.74, 6) is -0.245. The topological polar surface area (TPSA) is 86.5 Å². The van der Waals surface area contributed by atoms with Gasteiger partial charge in [0.25, 0.3) is 0 Å². The molecule has 3 N–H and O–H groups in total. The van der Waals surface area contributed by atoms with Gasteiger partial charge >= 0.3 is 5.97 Å². The monoisotopic (exact) mass is 285 g/mol. The normalized spacial score (nSPS) is 21.9. The van der Waals surface area contributed by atoms with Crippen molar-refractivity contribution in [2.45, 2.75) is 38.3 Å². The summed E-state index contributed by atoms with van der Waals surface area (Å²) in [6, 6.07) is 0.243. The third-order valence-corrected chi connectivity index (χ3v) is 3.93. The molecule has 1 aliphatic rings. The molecule has 1 fully saturated rings. The molecule has 1 aromatic heterocycles. The first kappa shape index (κ1) is 14.1. The van der Waals surface area contributed by atoms with Crippen molar-refractivity contribution in [1.82, 2.24) is 4.37 Å². The van der Waals surface area contributed by atoms with Gasteiger partial charge in [0.05, 0.1) is 12.7 Å². The number of anilines is 2. The third kappa shape index (κ3) is 3.16. The van der Waals surface area contributed by atoms with E-state index in [1.54, 1.807) is 0 Å². The Bertz CT molecular complexity index is 473. The van der Waals surface area contributed by atoms with E-state index >= 15 is 0 Å². The van der Waals surface area contributed by atoms with Gasteiger partial charge in [0.1, 0.15) is 10.6 Å². The van der Waals surface area contributed by atoms with Crippen LogP contribution in [0.25, 0.3) is 0 Å². The average Bonchev–Trinajstić information content (AvgIpc) is 2.68. The van der Waals surface area contributed by atoms with Crippen molar-refractivity contribution in [1.29, 1.82) is 0 Å². The highest BCUT2D eigenvalue weighted by Crippen LogP contribution is 2.32. The van der Waals surface area contributed by atoms with Crippen LogP contribution in [-0.4, -0.2) is 35.7 Å². The molecule has 2 rings (SSSR count). The van der Waals surface area contributed by atoms with Gasteiger partial charge in [0, 0.05) is 12.6 Å². The van der Waals surface area contributed by atoms with Gasteiger partial charge in [-0.05, 0) is 38.2 Å². The number of aromatic nitrogens is 1. The van der Waals surface area contributed by atoms with E-state index in [2.05, 4.69) is 23.5 Å². The summed E-state index contributed by atoms with van der Waals surface area (Å²) < 4.78 is 14.4. The summed E-state index contributed by atoms with van der Waals surface area (Å²) in [4.78, 5) is 11.7. The molecule has 0 amide bonds. The number of methoxy groups -OCH3 is 1. The van der Waals surface area contributed by atoms with E-state index in [1.165, 1.54) is 18.6 Å². The minimum absolute atomic E-state index is 0.155. The van der Waals surface area contributed by atoms with E-state index in [-0.39, 0.29) is 17.5 Å². The van der Waals surface area contributed by atoms with E-state index < -0.39 is 5.97 Å². The summed E-state index contributed by atoms with van der Waals surface area (Å²) in [7, 11) is 1.33. The predicted molar refractivity (Wildman–Crippen MR) is 74.5 cm³/mol. The fourth-order valence-corrected chi connectivity index (χ4v) is 3.02. The molecule has 0 saturated carbocycles. The zero-order chi connectivity index (χ0) is 14.0. The number of hydrogen-bond acceptors (Lipinski definition) is 7. The number of esters is 1. The smallest absolute Gasteiger partial charge is 0.344 e. The quantitative estimate of drug-likeness (QED) is 0.825. The zero-order valence-electron chi connectivity index (χ0n) is 11.4. The lowest BCUT2D eigenvalue weighted by Gasteiger charge is -2.36. The molecule has 1 aromatic rings. The number of hydrogen-bond donors (Lipinski definition) is 2. The van der Waals surface area contributed by atoms with Gasteiger partial charge in [-0.25, -0.2) is 4.79 Å². The van der Waals surface area contributed by atoms with E-state index in [0.717, 1.165) is 12.8 Å². The van der Waals surface area contributed by atoms with Crippen molar-refractivity contribution in [3.63, 3.8) is 0 Å². The number of carbonyl (C=O) groups is 1. The molecule has 0 radical (unpaired) electrons. The van der Waals surface area contributed by atoms with Gasteiger partial charge in [-0.1, -0.05) is 0 Å². The minimum atomic E-state index is -0.458. The fraction of sp³-hybridized carbons (Fsp3) is 0.667. The second-order valence-electron chi connectivity index (χ2n) is 5.21.